The van der Waals surface area contributed by atoms with Crippen molar-refractivity contribution in [3.63, 3.8) is 0 Å². The molecule has 188 valence electrons. The molecule has 0 aromatic heterocycles. The van der Waals surface area contributed by atoms with Crippen molar-refractivity contribution < 1.29 is 38.9 Å². The molecule has 2 saturated heterocycles. The van der Waals surface area contributed by atoms with Crippen molar-refractivity contribution in [1.82, 2.24) is 0 Å². The molecular formula is C24H28N2O9. The molecule has 2 N–H and O–H groups in total. The lowest BCUT2D eigenvalue weighted by Crippen LogP contribution is -2.53. The highest BCUT2D eigenvalue weighted by Crippen LogP contribution is 2.45. The summed E-state index contributed by atoms with van der Waals surface area (Å²) >= 11 is 0. The molecule has 11 heteroatoms. The van der Waals surface area contributed by atoms with Crippen LogP contribution in [0.25, 0.3) is 0 Å². The predicted octanol–water partition coefficient (Wildman–Crippen LogP) is 1.45. The molecule has 35 heavy (non-hydrogen) atoms. The van der Waals surface area contributed by atoms with E-state index in [1.54, 1.807) is 33.8 Å². The largest absolute Gasteiger partial charge is 0.462 e. The normalized spacial score (nSPS) is 32.4. The van der Waals surface area contributed by atoms with E-state index in [1.807, 2.05) is 0 Å². The number of nitrogens with zero attached hydrogens (tertiary/aromatic N) is 2. The van der Waals surface area contributed by atoms with Gasteiger partial charge in [-0.05, 0) is 33.3 Å². The zero-order chi connectivity index (χ0) is 25.7. The van der Waals surface area contributed by atoms with Crippen LogP contribution >= 0.6 is 0 Å². The summed E-state index contributed by atoms with van der Waals surface area (Å²) in [5, 5.41) is 33.0. The van der Waals surface area contributed by atoms with Gasteiger partial charge in [0.2, 0.25) is 0 Å². The number of non-ortho nitro benzene ring substituents is 1. The van der Waals surface area contributed by atoms with E-state index in [9.17, 15) is 29.9 Å². The van der Waals surface area contributed by atoms with Crippen molar-refractivity contribution in [1.29, 1.82) is 0 Å². The average Bonchev–Trinajstić information content (AvgIpc) is 3.33. The molecule has 1 aromatic carbocycles. The van der Waals surface area contributed by atoms with E-state index in [2.05, 4.69) is 4.99 Å². The van der Waals surface area contributed by atoms with Crippen molar-refractivity contribution >= 4 is 23.2 Å². The minimum absolute atomic E-state index is 0.0125. The van der Waals surface area contributed by atoms with Crippen LogP contribution in [-0.4, -0.2) is 75.8 Å². The maximum absolute atomic E-state index is 14.0. The molecule has 1 aromatic rings. The maximum Gasteiger partial charge on any atom is 0.315 e. The summed E-state index contributed by atoms with van der Waals surface area (Å²) in [6.07, 6.45) is -3.43. The molecule has 0 spiro atoms. The van der Waals surface area contributed by atoms with Crippen molar-refractivity contribution in [2.45, 2.75) is 63.6 Å². The Labute approximate surface area is 201 Å². The van der Waals surface area contributed by atoms with Gasteiger partial charge >= 0.3 is 5.97 Å². The smallest absolute Gasteiger partial charge is 0.315 e. The number of benzene rings is 1. The van der Waals surface area contributed by atoms with Crippen LogP contribution < -0.4 is 0 Å². The lowest BCUT2D eigenvalue weighted by atomic mass is 9.71. The van der Waals surface area contributed by atoms with E-state index in [-0.39, 0.29) is 23.6 Å². The number of allylic oxidation sites excluding steroid dienone is 1. The van der Waals surface area contributed by atoms with Crippen LogP contribution in [0.4, 0.5) is 5.69 Å². The minimum Gasteiger partial charge on any atom is -0.462 e. The van der Waals surface area contributed by atoms with Crippen LogP contribution in [0, 0.1) is 16.0 Å². The lowest BCUT2D eigenvalue weighted by Gasteiger charge is -2.35. The zero-order valence-corrected chi connectivity index (χ0v) is 19.8. The summed E-state index contributed by atoms with van der Waals surface area (Å²) in [7, 11) is 0. The van der Waals surface area contributed by atoms with Crippen LogP contribution in [0.5, 0.6) is 0 Å². The number of aliphatic imine (C=N–C) groups is 1. The van der Waals surface area contributed by atoms with Crippen molar-refractivity contribution in [3.8, 4) is 0 Å². The fourth-order valence-corrected chi connectivity index (χ4v) is 5.07. The number of nitro benzene ring substituents is 1. The summed E-state index contributed by atoms with van der Waals surface area (Å²) in [5.74, 6) is -3.48. The van der Waals surface area contributed by atoms with Crippen LogP contribution in [0.1, 0.15) is 39.2 Å². The number of Topliss-reactive ketones (excluding diaryl/α,β-unsaturated/α-hetero) is 1. The second kappa shape index (κ2) is 9.23. The molecule has 3 heterocycles. The van der Waals surface area contributed by atoms with Gasteiger partial charge in [0, 0.05) is 35.0 Å². The van der Waals surface area contributed by atoms with Gasteiger partial charge in [-0.3, -0.25) is 24.7 Å². The maximum atomic E-state index is 14.0. The Bertz CT molecular complexity index is 1130. The van der Waals surface area contributed by atoms with Gasteiger partial charge in [0.1, 0.15) is 24.2 Å². The van der Waals surface area contributed by atoms with Gasteiger partial charge < -0.3 is 24.4 Å². The average molecular weight is 488 g/mol. The second-order valence-electron chi connectivity index (χ2n) is 9.40. The van der Waals surface area contributed by atoms with Gasteiger partial charge in [-0.1, -0.05) is 12.1 Å². The number of hydrogen-bond donors (Lipinski definition) is 2. The Morgan fingerprint density at radius 3 is 2.66 bits per heavy atom. The van der Waals surface area contributed by atoms with Crippen LogP contribution in [0.3, 0.4) is 0 Å². The Morgan fingerprint density at radius 1 is 1.29 bits per heavy atom. The standard InChI is InChI=1S/C24H28N2O9/c1-11(2)35-23(29)18-13(4)25-12(3)17(19(18)14-6-5-7-15(8-14)26(31)32)21(28)24(30)10-34-20-16(27)9-33-22(20)24/h5-8,11,16,18-20,22,27,30H,9-10H2,1-4H3/t16-,18?,19?,20+,22-,24-/m0/s1. The first-order valence-electron chi connectivity index (χ1n) is 11.3. The molecule has 3 aliphatic heterocycles. The summed E-state index contributed by atoms with van der Waals surface area (Å²) in [6.45, 7) is 6.06. The predicted molar refractivity (Wildman–Crippen MR) is 122 cm³/mol. The highest BCUT2D eigenvalue weighted by atomic mass is 16.6. The lowest BCUT2D eigenvalue weighted by molar-refractivity contribution is -0.384. The van der Waals surface area contributed by atoms with Crippen LogP contribution in [0.2, 0.25) is 0 Å². The number of rotatable bonds is 6. The molecule has 2 unspecified atom stereocenters. The second-order valence-corrected chi connectivity index (χ2v) is 9.40. The van der Waals surface area contributed by atoms with E-state index < -0.39 is 65.1 Å². The van der Waals surface area contributed by atoms with Crippen molar-refractivity contribution in [2.24, 2.45) is 10.9 Å². The Balaban J connectivity index is 1.85. The first-order chi connectivity index (χ1) is 16.5. The molecule has 0 aliphatic carbocycles. The number of aliphatic hydroxyl groups excluding tert-OH is 1. The number of carbonyl (C=O) groups is 2. The molecule has 0 amide bonds. The Morgan fingerprint density at radius 2 is 2.00 bits per heavy atom. The fourth-order valence-electron chi connectivity index (χ4n) is 5.07. The third-order valence-corrected chi connectivity index (χ3v) is 6.60. The van der Waals surface area contributed by atoms with Crippen molar-refractivity contribution in [2.75, 3.05) is 13.2 Å². The van der Waals surface area contributed by atoms with E-state index in [1.165, 1.54) is 18.2 Å². The van der Waals surface area contributed by atoms with Gasteiger partial charge in [-0.2, -0.15) is 0 Å². The first-order valence-corrected chi connectivity index (χ1v) is 11.3. The van der Waals surface area contributed by atoms with Crippen molar-refractivity contribution in [3.05, 3.63) is 51.2 Å². The number of esters is 1. The van der Waals surface area contributed by atoms with Gasteiger partial charge in [0.15, 0.2) is 11.4 Å². The van der Waals surface area contributed by atoms with E-state index in [4.69, 9.17) is 14.2 Å². The summed E-state index contributed by atoms with van der Waals surface area (Å²) < 4.78 is 16.5. The molecule has 4 rings (SSSR count). The molecule has 2 fully saturated rings. The van der Waals surface area contributed by atoms with Crippen LogP contribution in [-0.2, 0) is 23.8 Å². The van der Waals surface area contributed by atoms with Gasteiger partial charge in [0.05, 0.1) is 24.2 Å². The van der Waals surface area contributed by atoms with Gasteiger partial charge in [0.25, 0.3) is 5.69 Å². The number of ether oxygens (including phenoxy) is 3. The fraction of sp³-hybridized carbons (Fsp3) is 0.542. The molecule has 0 saturated carbocycles. The van der Waals surface area contributed by atoms with Gasteiger partial charge in [-0.15, -0.1) is 0 Å². The minimum atomic E-state index is -2.13. The zero-order valence-electron chi connectivity index (χ0n) is 19.8. The number of nitro groups is 1. The van der Waals surface area contributed by atoms with E-state index >= 15 is 0 Å². The number of aliphatic hydroxyl groups is 2. The number of hydrogen-bond acceptors (Lipinski definition) is 10. The molecular weight excluding hydrogens is 460 g/mol. The number of fused-ring (bicyclic) bond motifs is 1. The highest BCUT2D eigenvalue weighted by molar-refractivity contribution is 6.11. The summed E-state index contributed by atoms with van der Waals surface area (Å²) in [5.41, 5.74) is -1.38. The monoisotopic (exact) mass is 488 g/mol. The van der Waals surface area contributed by atoms with E-state index in [0.29, 0.717) is 11.3 Å². The molecule has 6 atom stereocenters. The van der Waals surface area contributed by atoms with Crippen LogP contribution in [0.15, 0.2) is 40.5 Å². The quantitative estimate of drug-likeness (QED) is 0.343. The first kappa shape index (κ1) is 25.1. The SMILES string of the molecule is CC1=NC(C)=C(C(=O)[C@@]2(O)CO[C@@H]3[C@@H](O)CO[C@@H]32)C(c2cccc([N+](=O)[O-])c2)C1C(=O)OC(C)C. The molecule has 11 nitrogen and oxygen atoms in total. The summed E-state index contributed by atoms with van der Waals surface area (Å²) in [6, 6.07) is 5.66. The van der Waals surface area contributed by atoms with Gasteiger partial charge in [-0.25, -0.2) is 0 Å². The topological polar surface area (TPSA) is 158 Å². The third-order valence-electron chi connectivity index (χ3n) is 6.60. The Hall–Kier alpha value is -2.99. The summed E-state index contributed by atoms with van der Waals surface area (Å²) in [4.78, 5) is 42.5. The number of carbonyl (C=O) groups excluding carboxylic acids is 2. The number of ketones is 1. The van der Waals surface area contributed by atoms with E-state index in [0.717, 1.165) is 0 Å². The molecule has 0 radical (unpaired) electrons. The molecule has 0 bridgehead atoms. The molecule has 3 aliphatic rings. The third kappa shape index (κ3) is 4.29. The Kier molecular flexibility index (Phi) is 6.62. The highest BCUT2D eigenvalue weighted by Gasteiger charge is 2.61.